The van der Waals surface area contributed by atoms with Gasteiger partial charge in [0.05, 0.1) is 6.04 Å². The van der Waals surface area contributed by atoms with Crippen molar-refractivity contribution in [2.24, 2.45) is 11.8 Å². The highest BCUT2D eigenvalue weighted by Gasteiger charge is 2.45. The standard InChI is InChI=1S/C31H38ClN3O5/c1-21(2)16-27(29(38)34-26(20-36)17-23-12-15-33-28(23)37)35(19-22-8-4-3-5-9-22)30(39)40-31(13-7-14-31)24-10-6-11-25(32)18-24/h3-6,8-11,18,20-21,23,26-27H,7,12-17,19H2,1-2H3,(H,33,37)(H,34,38). The molecular formula is C31H38ClN3O5. The molecule has 1 heterocycles. The quantitative estimate of drug-likeness (QED) is 0.352. The number of hydrogen-bond donors (Lipinski definition) is 2. The molecule has 0 aromatic heterocycles. The zero-order valence-corrected chi connectivity index (χ0v) is 23.9. The molecule has 1 aliphatic carbocycles. The lowest BCUT2D eigenvalue weighted by molar-refractivity contribution is -0.131. The molecule has 0 spiro atoms. The number of benzene rings is 2. The summed E-state index contributed by atoms with van der Waals surface area (Å²) in [5.41, 5.74) is 0.873. The second-order valence-corrected chi connectivity index (χ2v) is 11.7. The van der Waals surface area contributed by atoms with Gasteiger partial charge in [0.25, 0.3) is 0 Å². The molecule has 3 unspecified atom stereocenters. The SMILES string of the molecule is CC(C)CC(C(=O)NC(C=O)CC1CCNC1=O)N(Cc1ccccc1)C(=O)OC1(c2cccc(Cl)c2)CCC1. The van der Waals surface area contributed by atoms with Crippen LogP contribution in [0.25, 0.3) is 0 Å². The number of amides is 3. The minimum atomic E-state index is -0.885. The fraction of sp³-hybridized carbons (Fsp3) is 0.484. The van der Waals surface area contributed by atoms with Gasteiger partial charge in [-0.3, -0.25) is 14.5 Å². The summed E-state index contributed by atoms with van der Waals surface area (Å²) < 4.78 is 6.24. The molecule has 3 amide bonds. The van der Waals surface area contributed by atoms with E-state index in [-0.39, 0.29) is 30.7 Å². The highest BCUT2D eigenvalue weighted by molar-refractivity contribution is 6.30. The normalized spacial score (nSPS) is 19.2. The molecule has 4 rings (SSSR count). The van der Waals surface area contributed by atoms with Crippen LogP contribution in [-0.2, 0) is 31.3 Å². The van der Waals surface area contributed by atoms with Gasteiger partial charge < -0.3 is 20.2 Å². The second-order valence-electron chi connectivity index (χ2n) is 11.2. The van der Waals surface area contributed by atoms with Crippen molar-refractivity contribution in [3.63, 3.8) is 0 Å². The van der Waals surface area contributed by atoms with E-state index in [9.17, 15) is 19.2 Å². The summed E-state index contributed by atoms with van der Waals surface area (Å²) in [4.78, 5) is 53.2. The van der Waals surface area contributed by atoms with Crippen molar-refractivity contribution in [1.82, 2.24) is 15.5 Å². The summed E-state index contributed by atoms with van der Waals surface area (Å²) in [5.74, 6) is -0.813. The molecule has 8 nitrogen and oxygen atoms in total. The Morgan fingerprint density at radius 1 is 1.18 bits per heavy atom. The fourth-order valence-electron chi connectivity index (χ4n) is 5.45. The van der Waals surface area contributed by atoms with Crippen LogP contribution in [0.4, 0.5) is 4.79 Å². The van der Waals surface area contributed by atoms with Crippen LogP contribution in [0, 0.1) is 11.8 Å². The van der Waals surface area contributed by atoms with Gasteiger partial charge in [-0.05, 0) is 67.7 Å². The predicted molar refractivity (Wildman–Crippen MR) is 152 cm³/mol. The van der Waals surface area contributed by atoms with Crippen LogP contribution in [0.3, 0.4) is 0 Å². The molecule has 9 heteroatoms. The first-order valence-corrected chi connectivity index (χ1v) is 14.4. The van der Waals surface area contributed by atoms with Crippen molar-refractivity contribution in [2.75, 3.05) is 6.54 Å². The van der Waals surface area contributed by atoms with Gasteiger partial charge in [-0.1, -0.05) is 67.9 Å². The van der Waals surface area contributed by atoms with E-state index in [1.807, 2.05) is 62.4 Å². The van der Waals surface area contributed by atoms with Crippen LogP contribution < -0.4 is 10.6 Å². The third-order valence-electron chi connectivity index (χ3n) is 7.79. The molecule has 1 saturated carbocycles. The van der Waals surface area contributed by atoms with Crippen molar-refractivity contribution in [3.05, 3.63) is 70.7 Å². The van der Waals surface area contributed by atoms with Gasteiger partial charge in [0.1, 0.15) is 17.9 Å². The van der Waals surface area contributed by atoms with E-state index in [1.165, 1.54) is 4.90 Å². The molecule has 1 aliphatic heterocycles. The molecule has 1 saturated heterocycles. The Labute approximate surface area is 240 Å². The lowest BCUT2D eigenvalue weighted by Gasteiger charge is -2.43. The van der Waals surface area contributed by atoms with Gasteiger partial charge in [-0.2, -0.15) is 0 Å². The van der Waals surface area contributed by atoms with Crippen LogP contribution >= 0.6 is 11.6 Å². The Morgan fingerprint density at radius 3 is 2.50 bits per heavy atom. The molecule has 2 fully saturated rings. The maximum atomic E-state index is 14.0. The number of ether oxygens (including phenoxy) is 1. The Kier molecular flexibility index (Phi) is 9.85. The number of nitrogens with zero attached hydrogens (tertiary/aromatic N) is 1. The number of halogens is 1. The lowest BCUT2D eigenvalue weighted by atomic mass is 9.75. The van der Waals surface area contributed by atoms with E-state index in [2.05, 4.69) is 10.6 Å². The van der Waals surface area contributed by atoms with E-state index >= 15 is 0 Å². The smallest absolute Gasteiger partial charge is 0.411 e. The minimum Gasteiger partial charge on any atom is -0.438 e. The van der Waals surface area contributed by atoms with Crippen molar-refractivity contribution >= 4 is 35.8 Å². The number of hydrogen-bond acceptors (Lipinski definition) is 5. The molecule has 2 aromatic carbocycles. The molecule has 2 aromatic rings. The third kappa shape index (κ3) is 7.22. The first-order valence-electron chi connectivity index (χ1n) is 14.0. The molecule has 0 radical (unpaired) electrons. The average molecular weight is 568 g/mol. The van der Waals surface area contributed by atoms with Crippen molar-refractivity contribution in [1.29, 1.82) is 0 Å². The predicted octanol–water partition coefficient (Wildman–Crippen LogP) is 4.98. The molecular weight excluding hydrogens is 530 g/mol. The molecule has 3 atom stereocenters. The average Bonchev–Trinajstić information content (AvgIpc) is 3.32. The second kappa shape index (κ2) is 13.3. The molecule has 2 N–H and O–H groups in total. The monoisotopic (exact) mass is 567 g/mol. The summed E-state index contributed by atoms with van der Waals surface area (Å²) >= 11 is 6.26. The number of carbonyl (C=O) groups excluding carboxylic acids is 4. The Hall–Kier alpha value is -3.39. The van der Waals surface area contributed by atoms with Gasteiger partial charge in [0.15, 0.2) is 0 Å². The van der Waals surface area contributed by atoms with Gasteiger partial charge in [-0.15, -0.1) is 0 Å². The number of aldehydes is 1. The minimum absolute atomic E-state index is 0.0720. The van der Waals surface area contributed by atoms with E-state index < -0.39 is 29.7 Å². The topological polar surface area (TPSA) is 105 Å². The van der Waals surface area contributed by atoms with Crippen LogP contribution in [0.2, 0.25) is 5.02 Å². The zero-order chi connectivity index (χ0) is 28.7. The first kappa shape index (κ1) is 29.6. The summed E-state index contributed by atoms with van der Waals surface area (Å²) in [7, 11) is 0. The number of rotatable bonds is 12. The highest BCUT2D eigenvalue weighted by Crippen LogP contribution is 2.46. The summed E-state index contributed by atoms with van der Waals surface area (Å²) in [5, 5.41) is 6.15. The lowest BCUT2D eigenvalue weighted by Crippen LogP contribution is -2.54. The zero-order valence-electron chi connectivity index (χ0n) is 23.1. The molecule has 40 heavy (non-hydrogen) atoms. The summed E-state index contributed by atoms with van der Waals surface area (Å²) in [6.07, 6.45) is 3.51. The molecule has 2 aliphatic rings. The van der Waals surface area contributed by atoms with Crippen molar-refractivity contribution < 1.29 is 23.9 Å². The molecule has 214 valence electrons. The maximum absolute atomic E-state index is 14.0. The van der Waals surface area contributed by atoms with Crippen LogP contribution in [0.1, 0.15) is 63.5 Å². The van der Waals surface area contributed by atoms with E-state index in [4.69, 9.17) is 16.3 Å². The van der Waals surface area contributed by atoms with Gasteiger partial charge in [0, 0.05) is 24.0 Å². The Bertz CT molecular complexity index is 1200. The van der Waals surface area contributed by atoms with Crippen LogP contribution in [-0.4, -0.2) is 47.7 Å². The fourth-order valence-corrected chi connectivity index (χ4v) is 5.64. The van der Waals surface area contributed by atoms with E-state index in [0.29, 0.717) is 43.5 Å². The van der Waals surface area contributed by atoms with Crippen LogP contribution in [0.5, 0.6) is 0 Å². The van der Waals surface area contributed by atoms with Crippen molar-refractivity contribution in [3.8, 4) is 0 Å². The van der Waals surface area contributed by atoms with Gasteiger partial charge in [-0.25, -0.2) is 4.79 Å². The largest absolute Gasteiger partial charge is 0.438 e. The summed E-state index contributed by atoms with van der Waals surface area (Å²) in [6.45, 7) is 4.68. The van der Waals surface area contributed by atoms with E-state index in [1.54, 1.807) is 6.07 Å². The number of carbonyl (C=O) groups is 4. The first-order chi connectivity index (χ1) is 19.2. The molecule has 0 bridgehead atoms. The van der Waals surface area contributed by atoms with Gasteiger partial charge >= 0.3 is 6.09 Å². The maximum Gasteiger partial charge on any atom is 0.411 e. The van der Waals surface area contributed by atoms with Gasteiger partial charge in [0.2, 0.25) is 11.8 Å². The van der Waals surface area contributed by atoms with Crippen LogP contribution in [0.15, 0.2) is 54.6 Å². The highest BCUT2D eigenvalue weighted by atomic mass is 35.5. The Morgan fingerprint density at radius 2 is 1.93 bits per heavy atom. The van der Waals surface area contributed by atoms with E-state index in [0.717, 1.165) is 17.5 Å². The Balaban J connectivity index is 1.60. The van der Waals surface area contributed by atoms with Crippen molar-refractivity contribution in [2.45, 2.75) is 76.6 Å². The third-order valence-corrected chi connectivity index (χ3v) is 8.03. The number of nitrogens with one attached hydrogen (secondary N) is 2. The summed E-state index contributed by atoms with van der Waals surface area (Å²) in [6, 6.07) is 15.1.